The van der Waals surface area contributed by atoms with Crippen molar-refractivity contribution in [2.24, 2.45) is 0 Å². The van der Waals surface area contributed by atoms with Crippen LogP contribution < -0.4 is 10.0 Å². The van der Waals surface area contributed by atoms with E-state index in [4.69, 9.17) is 4.74 Å². The number of benzene rings is 2. The molecule has 1 aliphatic heterocycles. The Kier molecular flexibility index (Phi) is 6.26. The van der Waals surface area contributed by atoms with Crippen LogP contribution in [0.3, 0.4) is 0 Å². The van der Waals surface area contributed by atoms with E-state index in [1.807, 2.05) is 25.1 Å². The molecule has 0 saturated heterocycles. The van der Waals surface area contributed by atoms with Gasteiger partial charge in [-0.05, 0) is 48.2 Å². The Morgan fingerprint density at radius 3 is 2.63 bits per heavy atom. The van der Waals surface area contributed by atoms with Crippen LogP contribution in [0.5, 0.6) is 0 Å². The Morgan fingerprint density at radius 1 is 1.15 bits per heavy atom. The minimum atomic E-state index is -3.51. The maximum atomic E-state index is 12.4. The summed E-state index contributed by atoms with van der Waals surface area (Å²) < 4.78 is 32.5. The molecule has 1 unspecified atom stereocenters. The lowest BCUT2D eigenvalue weighted by atomic mass is 9.95. The zero-order chi connectivity index (χ0) is 19.3. The number of amides is 1. The average Bonchev–Trinajstić information content (AvgIpc) is 2.67. The second kappa shape index (κ2) is 8.65. The third-order valence-corrected chi connectivity index (χ3v) is 5.93. The van der Waals surface area contributed by atoms with Gasteiger partial charge in [0.1, 0.15) is 0 Å². The summed E-state index contributed by atoms with van der Waals surface area (Å²) in [5.41, 5.74) is 2.83. The molecule has 0 aliphatic carbocycles. The zero-order valence-corrected chi connectivity index (χ0v) is 16.1. The maximum Gasteiger partial charge on any atom is 0.240 e. The minimum absolute atomic E-state index is 0.170. The molecule has 0 fully saturated rings. The quantitative estimate of drug-likeness (QED) is 0.764. The monoisotopic (exact) mass is 388 g/mol. The molecule has 0 spiro atoms. The van der Waals surface area contributed by atoms with Crippen LogP contribution >= 0.6 is 0 Å². The third-order valence-electron chi connectivity index (χ3n) is 4.45. The Hall–Kier alpha value is -2.22. The van der Waals surface area contributed by atoms with Gasteiger partial charge >= 0.3 is 0 Å². The second-order valence-electron chi connectivity index (χ2n) is 6.48. The lowest BCUT2D eigenvalue weighted by Crippen LogP contribution is -2.24. The molecule has 27 heavy (non-hydrogen) atoms. The third kappa shape index (κ3) is 4.94. The van der Waals surface area contributed by atoms with Crippen molar-refractivity contribution in [3.8, 4) is 0 Å². The highest BCUT2D eigenvalue weighted by atomic mass is 32.2. The van der Waals surface area contributed by atoms with Gasteiger partial charge in [-0.15, -0.1) is 0 Å². The predicted molar refractivity (Wildman–Crippen MR) is 104 cm³/mol. The number of ether oxygens (including phenoxy) is 1. The van der Waals surface area contributed by atoms with Crippen molar-refractivity contribution < 1.29 is 17.9 Å². The molecule has 0 saturated carbocycles. The number of nitrogens with one attached hydrogen (secondary N) is 2. The van der Waals surface area contributed by atoms with Gasteiger partial charge in [0.2, 0.25) is 15.9 Å². The predicted octanol–water partition coefficient (Wildman–Crippen LogP) is 3.02. The summed E-state index contributed by atoms with van der Waals surface area (Å²) in [5, 5.41) is 2.81. The van der Waals surface area contributed by atoms with Crippen molar-refractivity contribution in [2.75, 3.05) is 18.5 Å². The van der Waals surface area contributed by atoms with Crippen molar-refractivity contribution in [3.05, 3.63) is 59.7 Å². The zero-order valence-electron chi connectivity index (χ0n) is 15.3. The molecule has 0 bridgehead atoms. The molecule has 2 aromatic rings. The molecule has 1 aliphatic rings. The molecule has 2 N–H and O–H groups in total. The Labute approximate surface area is 160 Å². The Bertz CT molecular complexity index is 894. The van der Waals surface area contributed by atoms with Crippen molar-refractivity contribution in [1.82, 2.24) is 4.72 Å². The molecule has 1 atom stereocenters. The minimum Gasteiger partial charge on any atom is -0.373 e. The molecule has 1 heterocycles. The highest BCUT2D eigenvalue weighted by Crippen LogP contribution is 2.29. The van der Waals surface area contributed by atoms with Gasteiger partial charge in [0.25, 0.3) is 0 Å². The molecule has 2 aromatic carbocycles. The first-order valence-corrected chi connectivity index (χ1v) is 10.6. The van der Waals surface area contributed by atoms with Crippen molar-refractivity contribution in [1.29, 1.82) is 0 Å². The molecule has 0 radical (unpaired) electrons. The number of hydrogen-bond acceptors (Lipinski definition) is 4. The van der Waals surface area contributed by atoms with Gasteiger partial charge in [0, 0.05) is 12.2 Å². The molecule has 6 nitrogen and oxygen atoms in total. The summed E-state index contributed by atoms with van der Waals surface area (Å²) in [7, 11) is -3.51. The van der Waals surface area contributed by atoms with E-state index in [1.165, 1.54) is 17.7 Å². The van der Waals surface area contributed by atoms with E-state index < -0.39 is 10.0 Å². The van der Waals surface area contributed by atoms with Crippen LogP contribution in [-0.2, 0) is 26.0 Å². The fourth-order valence-corrected chi connectivity index (χ4v) is 4.20. The van der Waals surface area contributed by atoms with E-state index in [-0.39, 0.29) is 23.3 Å². The summed E-state index contributed by atoms with van der Waals surface area (Å²) in [6, 6.07) is 14.2. The number of carbonyl (C=O) groups excluding carboxylic acids is 1. The summed E-state index contributed by atoms with van der Waals surface area (Å²) in [5.74, 6) is -0.170. The first-order chi connectivity index (χ1) is 13.0. The molecule has 3 rings (SSSR count). The van der Waals surface area contributed by atoms with Gasteiger partial charge in [0.15, 0.2) is 0 Å². The number of fused-ring (bicyclic) bond motifs is 1. The summed E-state index contributed by atoms with van der Waals surface area (Å²) in [6.45, 7) is 2.89. The van der Waals surface area contributed by atoms with Crippen molar-refractivity contribution in [3.63, 3.8) is 0 Å². The van der Waals surface area contributed by atoms with Gasteiger partial charge in [-0.3, -0.25) is 4.79 Å². The first kappa shape index (κ1) is 19.5. The standard InChI is InChI=1S/C20H24N2O4S/c1-2-12-21-27(24,25)17-9-7-16(8-10-17)22-20(23)14-19-18-6-4-3-5-15(18)11-13-26-19/h3-10,19,21H,2,11-14H2,1H3,(H,22,23). The van der Waals surface area contributed by atoms with Crippen LogP contribution in [0, 0.1) is 0 Å². The normalized spacial score (nSPS) is 16.6. The molecule has 144 valence electrons. The maximum absolute atomic E-state index is 12.4. The van der Waals surface area contributed by atoms with Gasteiger partial charge in [-0.25, -0.2) is 13.1 Å². The largest absolute Gasteiger partial charge is 0.373 e. The Balaban J connectivity index is 1.62. The molecular weight excluding hydrogens is 364 g/mol. The lowest BCUT2D eigenvalue weighted by Gasteiger charge is -2.25. The molecule has 7 heteroatoms. The SMILES string of the molecule is CCCNS(=O)(=O)c1ccc(NC(=O)CC2OCCc3ccccc32)cc1. The van der Waals surface area contributed by atoms with Crippen LogP contribution in [0.25, 0.3) is 0 Å². The smallest absolute Gasteiger partial charge is 0.240 e. The Morgan fingerprint density at radius 2 is 1.89 bits per heavy atom. The van der Waals surface area contributed by atoms with Crippen LogP contribution in [0.15, 0.2) is 53.4 Å². The fraction of sp³-hybridized carbons (Fsp3) is 0.350. The number of carbonyl (C=O) groups is 1. The van der Waals surface area contributed by atoms with E-state index >= 15 is 0 Å². The number of sulfonamides is 1. The highest BCUT2D eigenvalue weighted by molar-refractivity contribution is 7.89. The van der Waals surface area contributed by atoms with Gasteiger partial charge in [-0.1, -0.05) is 31.2 Å². The summed E-state index contributed by atoms with van der Waals surface area (Å²) in [6.07, 6.45) is 1.54. The molecular formula is C20H24N2O4S. The van der Waals surface area contributed by atoms with Crippen molar-refractivity contribution >= 4 is 21.6 Å². The van der Waals surface area contributed by atoms with E-state index in [0.717, 1.165) is 18.4 Å². The summed E-state index contributed by atoms with van der Waals surface area (Å²) in [4.78, 5) is 12.6. The molecule has 1 amide bonds. The highest BCUT2D eigenvalue weighted by Gasteiger charge is 2.23. The van der Waals surface area contributed by atoms with E-state index in [2.05, 4.69) is 16.1 Å². The van der Waals surface area contributed by atoms with Gasteiger partial charge < -0.3 is 10.1 Å². The van der Waals surface area contributed by atoms with Crippen molar-refractivity contribution in [2.45, 2.75) is 37.2 Å². The van der Waals surface area contributed by atoms with Crippen LogP contribution in [0.1, 0.15) is 37.0 Å². The van der Waals surface area contributed by atoms with E-state index in [0.29, 0.717) is 18.8 Å². The van der Waals surface area contributed by atoms with Gasteiger partial charge in [-0.2, -0.15) is 0 Å². The van der Waals surface area contributed by atoms with Gasteiger partial charge in [0.05, 0.1) is 24.0 Å². The van der Waals surface area contributed by atoms with Crippen LogP contribution in [-0.4, -0.2) is 27.5 Å². The van der Waals surface area contributed by atoms with E-state index in [9.17, 15) is 13.2 Å². The summed E-state index contributed by atoms with van der Waals surface area (Å²) >= 11 is 0. The lowest BCUT2D eigenvalue weighted by molar-refractivity contribution is -0.119. The van der Waals surface area contributed by atoms with Crippen LogP contribution in [0.4, 0.5) is 5.69 Å². The number of rotatable bonds is 7. The second-order valence-corrected chi connectivity index (χ2v) is 8.25. The first-order valence-electron chi connectivity index (χ1n) is 9.08. The van der Waals surface area contributed by atoms with E-state index in [1.54, 1.807) is 12.1 Å². The van der Waals surface area contributed by atoms with Crippen LogP contribution in [0.2, 0.25) is 0 Å². The number of anilines is 1. The molecule has 0 aromatic heterocycles. The number of hydrogen-bond donors (Lipinski definition) is 2. The topological polar surface area (TPSA) is 84.5 Å². The average molecular weight is 388 g/mol. The fourth-order valence-electron chi connectivity index (χ4n) is 3.06.